The standard InChI is InChI=1S/C14H12O3/c15-14-8-10(7-11-9-16-11)12-5-3-1-2-4-6-13(12)17-14/h1-6,8,11H,7,9H2. The zero-order chi connectivity index (χ0) is 11.7. The highest BCUT2D eigenvalue weighted by Crippen LogP contribution is 2.23. The molecule has 0 N–H and O–H groups in total. The van der Waals surface area contributed by atoms with Gasteiger partial charge in [0.15, 0.2) is 0 Å². The molecule has 0 aromatic carbocycles. The van der Waals surface area contributed by atoms with Gasteiger partial charge in [-0.2, -0.15) is 0 Å². The summed E-state index contributed by atoms with van der Waals surface area (Å²) in [5, 5.41) is 0. The smallest absolute Gasteiger partial charge is 0.336 e. The first-order valence-electron chi connectivity index (χ1n) is 5.63. The summed E-state index contributed by atoms with van der Waals surface area (Å²) in [4.78, 5) is 11.5. The Bertz CT molecular complexity index is 572. The van der Waals surface area contributed by atoms with E-state index in [4.69, 9.17) is 9.15 Å². The highest BCUT2D eigenvalue weighted by Gasteiger charge is 2.24. The topological polar surface area (TPSA) is 42.7 Å². The summed E-state index contributed by atoms with van der Waals surface area (Å²) in [7, 11) is 0. The molecule has 0 bridgehead atoms. The molecular weight excluding hydrogens is 216 g/mol. The lowest BCUT2D eigenvalue weighted by molar-refractivity contribution is 0.406. The van der Waals surface area contributed by atoms with Crippen LogP contribution in [0.25, 0.3) is 12.2 Å². The average Bonchev–Trinajstić information content (AvgIpc) is 3.04. The van der Waals surface area contributed by atoms with E-state index >= 15 is 0 Å². The molecule has 3 nitrogen and oxygen atoms in total. The van der Waals surface area contributed by atoms with Crippen LogP contribution in [0, 0.1) is 0 Å². The van der Waals surface area contributed by atoms with Crippen LogP contribution >= 0.6 is 0 Å². The highest BCUT2D eigenvalue weighted by atomic mass is 16.6. The number of hydrogen-bond acceptors (Lipinski definition) is 3. The molecule has 2 heterocycles. The van der Waals surface area contributed by atoms with Gasteiger partial charge in [0.25, 0.3) is 0 Å². The Kier molecular flexibility index (Phi) is 2.53. The van der Waals surface area contributed by atoms with Crippen molar-refractivity contribution in [3.63, 3.8) is 0 Å². The summed E-state index contributed by atoms with van der Waals surface area (Å²) < 4.78 is 10.4. The Morgan fingerprint density at radius 1 is 1.18 bits per heavy atom. The lowest BCUT2D eigenvalue weighted by Crippen LogP contribution is -2.07. The molecular formula is C14H12O3. The number of fused-ring (bicyclic) bond motifs is 1. The minimum atomic E-state index is -0.304. The maximum absolute atomic E-state index is 11.5. The predicted octanol–water partition coefficient (Wildman–Crippen LogP) is 2.18. The van der Waals surface area contributed by atoms with Gasteiger partial charge < -0.3 is 9.15 Å². The summed E-state index contributed by atoms with van der Waals surface area (Å²) >= 11 is 0. The second-order valence-electron chi connectivity index (χ2n) is 4.13. The number of ether oxygens (including phenoxy) is 1. The maximum atomic E-state index is 11.5. The van der Waals surface area contributed by atoms with Crippen molar-refractivity contribution < 1.29 is 9.15 Å². The molecule has 1 aromatic rings. The van der Waals surface area contributed by atoms with Crippen LogP contribution in [-0.4, -0.2) is 12.7 Å². The van der Waals surface area contributed by atoms with E-state index < -0.39 is 0 Å². The number of hydrogen-bond donors (Lipinski definition) is 0. The van der Waals surface area contributed by atoms with Crippen molar-refractivity contribution in [2.24, 2.45) is 0 Å². The van der Waals surface area contributed by atoms with E-state index in [-0.39, 0.29) is 11.7 Å². The molecule has 1 aliphatic carbocycles. The van der Waals surface area contributed by atoms with Gasteiger partial charge in [0.05, 0.1) is 12.7 Å². The minimum Gasteiger partial charge on any atom is -0.423 e. The molecule has 1 unspecified atom stereocenters. The Hall–Kier alpha value is -1.87. The predicted molar refractivity (Wildman–Crippen MR) is 65.6 cm³/mol. The fourth-order valence-corrected chi connectivity index (χ4v) is 1.91. The highest BCUT2D eigenvalue weighted by molar-refractivity contribution is 5.66. The molecule has 86 valence electrons. The number of allylic oxidation sites excluding steroid dienone is 4. The zero-order valence-electron chi connectivity index (χ0n) is 9.26. The van der Waals surface area contributed by atoms with Gasteiger partial charge in [-0.3, -0.25) is 0 Å². The third-order valence-electron chi connectivity index (χ3n) is 2.81. The molecule has 1 aliphatic heterocycles. The van der Waals surface area contributed by atoms with Crippen molar-refractivity contribution in [3.8, 4) is 0 Å². The van der Waals surface area contributed by atoms with Crippen LogP contribution in [0.3, 0.4) is 0 Å². The minimum absolute atomic E-state index is 0.263. The molecule has 3 rings (SSSR count). The first-order chi connectivity index (χ1) is 8.33. The van der Waals surface area contributed by atoms with Crippen LogP contribution in [-0.2, 0) is 11.2 Å². The molecule has 1 fully saturated rings. The zero-order valence-corrected chi connectivity index (χ0v) is 9.26. The lowest BCUT2D eigenvalue weighted by atomic mass is 10.0. The molecule has 3 heteroatoms. The number of epoxide rings is 1. The van der Waals surface area contributed by atoms with E-state index in [9.17, 15) is 4.79 Å². The lowest BCUT2D eigenvalue weighted by Gasteiger charge is -2.07. The van der Waals surface area contributed by atoms with Gasteiger partial charge >= 0.3 is 5.63 Å². The van der Waals surface area contributed by atoms with Gasteiger partial charge in [0.1, 0.15) is 5.76 Å². The Labute approximate surface area is 98.7 Å². The molecule has 1 saturated heterocycles. The van der Waals surface area contributed by atoms with Crippen LogP contribution in [0.5, 0.6) is 0 Å². The van der Waals surface area contributed by atoms with Crippen LogP contribution in [0.2, 0.25) is 0 Å². The molecule has 0 amide bonds. The van der Waals surface area contributed by atoms with E-state index in [1.54, 1.807) is 6.07 Å². The largest absolute Gasteiger partial charge is 0.423 e. The van der Waals surface area contributed by atoms with Gasteiger partial charge in [-0.1, -0.05) is 30.4 Å². The van der Waals surface area contributed by atoms with Gasteiger partial charge in [-0.05, 0) is 11.6 Å². The molecule has 0 spiro atoms. The Balaban J connectivity index is 2.11. The Morgan fingerprint density at radius 3 is 2.71 bits per heavy atom. The first kappa shape index (κ1) is 10.3. The van der Waals surface area contributed by atoms with Crippen molar-refractivity contribution >= 4 is 12.2 Å². The summed E-state index contributed by atoms with van der Waals surface area (Å²) in [6.45, 7) is 0.786. The van der Waals surface area contributed by atoms with E-state index in [1.165, 1.54) is 0 Å². The van der Waals surface area contributed by atoms with Crippen molar-refractivity contribution in [1.82, 2.24) is 0 Å². The van der Waals surface area contributed by atoms with Gasteiger partial charge in [-0.25, -0.2) is 4.79 Å². The van der Waals surface area contributed by atoms with Crippen LogP contribution in [0.15, 0.2) is 39.6 Å². The van der Waals surface area contributed by atoms with Crippen molar-refractivity contribution in [3.05, 3.63) is 57.7 Å². The third-order valence-corrected chi connectivity index (χ3v) is 2.81. The summed E-state index contributed by atoms with van der Waals surface area (Å²) in [6.07, 6.45) is 12.5. The summed E-state index contributed by atoms with van der Waals surface area (Å²) in [5.74, 6) is 0.619. The molecule has 1 atom stereocenters. The van der Waals surface area contributed by atoms with Crippen molar-refractivity contribution in [2.75, 3.05) is 6.61 Å². The molecule has 1 aromatic heterocycles. The van der Waals surface area contributed by atoms with Crippen molar-refractivity contribution in [2.45, 2.75) is 12.5 Å². The van der Waals surface area contributed by atoms with Gasteiger partial charge in [-0.15, -0.1) is 0 Å². The summed E-state index contributed by atoms with van der Waals surface area (Å²) in [5.41, 5.74) is 1.66. The van der Waals surface area contributed by atoms with Crippen molar-refractivity contribution in [1.29, 1.82) is 0 Å². The quantitative estimate of drug-likeness (QED) is 0.728. The number of rotatable bonds is 2. The fraction of sp³-hybridized carbons (Fsp3) is 0.214. The first-order valence-corrected chi connectivity index (χ1v) is 5.63. The SMILES string of the molecule is O=c1cc(CC2CO2)c2c(o1)C=CC=CC=C2. The van der Waals surface area contributed by atoms with Gasteiger partial charge in [0.2, 0.25) is 0 Å². The third kappa shape index (κ3) is 2.29. The molecule has 0 radical (unpaired) electrons. The van der Waals surface area contributed by atoms with Crippen LogP contribution < -0.4 is 5.63 Å². The van der Waals surface area contributed by atoms with Crippen LogP contribution in [0.1, 0.15) is 16.9 Å². The van der Waals surface area contributed by atoms with E-state index in [1.807, 2.05) is 36.5 Å². The maximum Gasteiger partial charge on any atom is 0.336 e. The summed E-state index contributed by atoms with van der Waals surface area (Å²) in [6, 6.07) is 1.56. The molecule has 2 aliphatic rings. The monoisotopic (exact) mass is 228 g/mol. The average molecular weight is 228 g/mol. The fourth-order valence-electron chi connectivity index (χ4n) is 1.91. The van der Waals surface area contributed by atoms with Crippen LogP contribution in [0.4, 0.5) is 0 Å². The van der Waals surface area contributed by atoms with E-state index in [2.05, 4.69) is 0 Å². The normalized spacial score (nSPS) is 20.8. The Morgan fingerprint density at radius 2 is 1.94 bits per heavy atom. The van der Waals surface area contributed by atoms with E-state index in [0.717, 1.165) is 24.2 Å². The van der Waals surface area contributed by atoms with E-state index in [0.29, 0.717) is 5.76 Å². The van der Waals surface area contributed by atoms with Gasteiger partial charge in [0, 0.05) is 18.1 Å². The second kappa shape index (κ2) is 4.18. The molecule has 17 heavy (non-hydrogen) atoms. The second-order valence-corrected chi connectivity index (χ2v) is 4.13. The molecule has 0 saturated carbocycles.